The highest BCUT2D eigenvalue weighted by molar-refractivity contribution is 7.69. The maximum Gasteiger partial charge on any atom is 0.416 e. The number of hydrogen-bond donors (Lipinski definition) is 4. The summed E-state index contributed by atoms with van der Waals surface area (Å²) in [6.07, 6.45) is -18.1. The molecule has 2 aliphatic heterocycles. The Morgan fingerprint density at radius 1 is 0.291 bits per heavy atom. The van der Waals surface area contributed by atoms with Crippen LogP contribution in [0.2, 0.25) is 0 Å². The summed E-state index contributed by atoms with van der Waals surface area (Å²) in [7, 11) is -3.11. The van der Waals surface area contributed by atoms with Crippen LogP contribution in [-0.2, 0) is 35.8 Å². The van der Waals surface area contributed by atoms with E-state index in [-0.39, 0.29) is 11.8 Å². The molecular formula is C62H52F12N4P+. The number of benzene rings is 8. The number of hydrogen-bond acceptors (Lipinski definition) is 4. The molecule has 8 aromatic carbocycles. The van der Waals surface area contributed by atoms with Gasteiger partial charge in [0.25, 0.3) is 0 Å². The van der Waals surface area contributed by atoms with E-state index in [0.717, 1.165) is 70.8 Å². The van der Waals surface area contributed by atoms with Crippen molar-refractivity contribution in [2.24, 2.45) is 11.8 Å². The smallest absolute Gasteiger partial charge is 0.166 e. The summed E-state index contributed by atoms with van der Waals surface area (Å²) in [5, 5.41) is 16.4. The lowest BCUT2D eigenvalue weighted by Crippen LogP contribution is -2.50. The Morgan fingerprint density at radius 3 is 0.608 bits per heavy atom. The van der Waals surface area contributed by atoms with Crippen molar-refractivity contribution in [1.82, 2.24) is 20.3 Å². The van der Waals surface area contributed by atoms with Gasteiger partial charge in [-0.25, -0.2) is 0 Å². The second kappa shape index (κ2) is 20.4. The summed E-state index contributed by atoms with van der Waals surface area (Å²) in [5.41, 5.74) is 2.78. The van der Waals surface area contributed by atoms with Gasteiger partial charge in [0.1, 0.15) is 11.1 Å². The van der Waals surface area contributed by atoms with Crippen LogP contribution in [-0.4, -0.2) is 12.1 Å². The molecule has 79 heavy (non-hydrogen) atoms. The van der Waals surface area contributed by atoms with Crippen molar-refractivity contribution >= 4 is 7.87 Å². The van der Waals surface area contributed by atoms with Crippen LogP contribution in [0.1, 0.15) is 72.2 Å². The van der Waals surface area contributed by atoms with E-state index in [1.165, 1.54) is 48.5 Å². The van der Waals surface area contributed by atoms with Gasteiger partial charge in [-0.2, -0.15) is 52.7 Å². The maximum atomic E-state index is 13.6. The summed E-state index contributed by atoms with van der Waals surface area (Å²) in [5.74, 6) is -0.226. The average molecular weight is 1110 g/mol. The van der Waals surface area contributed by atoms with Crippen LogP contribution in [0.3, 0.4) is 0 Å². The number of nitrogens with one attached hydrogen (secondary N) is 4. The molecule has 17 heteroatoms. The Morgan fingerprint density at radius 2 is 0.456 bits per heavy atom. The van der Waals surface area contributed by atoms with Gasteiger partial charge in [0.05, 0.1) is 34.3 Å². The zero-order valence-corrected chi connectivity index (χ0v) is 43.7. The molecule has 0 unspecified atom stereocenters. The predicted molar refractivity (Wildman–Crippen MR) is 286 cm³/mol. The first-order chi connectivity index (χ1) is 37.2. The third kappa shape index (κ3) is 10.6. The van der Waals surface area contributed by atoms with Crippen LogP contribution < -0.4 is 20.3 Å². The Kier molecular flexibility index (Phi) is 14.3. The molecule has 2 saturated heterocycles. The highest BCUT2D eigenvalue weighted by Crippen LogP contribution is 2.65. The predicted octanol–water partition coefficient (Wildman–Crippen LogP) is 17.7. The zero-order valence-electron chi connectivity index (χ0n) is 42.8. The van der Waals surface area contributed by atoms with E-state index in [4.69, 9.17) is 0 Å². The molecule has 4 nitrogen and oxygen atoms in total. The van der Waals surface area contributed by atoms with Gasteiger partial charge >= 0.3 is 32.6 Å². The largest absolute Gasteiger partial charge is 0.416 e. The van der Waals surface area contributed by atoms with Gasteiger partial charge in [0.15, 0.2) is 0 Å². The van der Waals surface area contributed by atoms with E-state index < -0.39 is 78.0 Å². The minimum atomic E-state index is -4.52. The fraction of sp³-hybridized carbons (Fsp3) is 0.226. The molecule has 0 radical (unpaired) electrons. The van der Waals surface area contributed by atoms with Crippen molar-refractivity contribution in [3.8, 4) is 44.5 Å². The Balaban J connectivity index is 1.11. The summed E-state index contributed by atoms with van der Waals surface area (Å²) in [6.45, 7) is 8.30. The molecule has 2 fully saturated rings. The fourth-order valence-electron chi connectivity index (χ4n) is 11.2. The molecule has 408 valence electrons. The van der Waals surface area contributed by atoms with Crippen molar-refractivity contribution < 1.29 is 52.7 Å². The van der Waals surface area contributed by atoms with Crippen LogP contribution in [0.15, 0.2) is 194 Å². The summed E-state index contributed by atoms with van der Waals surface area (Å²) >= 11 is 0. The van der Waals surface area contributed by atoms with Crippen LogP contribution in [0.5, 0.6) is 0 Å². The SMILES string of the molecule is CC(C)[C@@H]1N[P+]2(N[C@@H](C(C)C)C(c3ccc(-c4ccc(C(F)(F)F)cc4)cc3)(c3ccc(-c4ccc(C(F)(F)F)cc4)cc3)N2)NC1(c1ccc(-c2ccc(C(F)(F)F)cc2)cc1)c1ccc(-c2ccc(C(F)(F)F)cc2)cc1. The van der Waals surface area contributed by atoms with Gasteiger partial charge in [0.2, 0.25) is 0 Å². The molecule has 4 N–H and O–H groups in total. The Hall–Kier alpha value is -6.81. The number of halogens is 12. The van der Waals surface area contributed by atoms with Gasteiger partial charge in [-0.3, -0.25) is 0 Å². The maximum absolute atomic E-state index is 13.6. The summed E-state index contributed by atoms with van der Waals surface area (Å²) in [4.78, 5) is 0. The van der Waals surface area contributed by atoms with Gasteiger partial charge in [-0.1, -0.05) is 173 Å². The molecule has 1 spiro atoms. The van der Waals surface area contributed by atoms with E-state index in [9.17, 15) is 52.7 Å². The highest BCUT2D eigenvalue weighted by atomic mass is 31.2. The molecule has 0 saturated carbocycles. The molecular weight excluding hydrogens is 1060 g/mol. The van der Waals surface area contributed by atoms with Crippen molar-refractivity contribution in [3.63, 3.8) is 0 Å². The van der Waals surface area contributed by atoms with Crippen molar-refractivity contribution in [2.45, 2.75) is 75.6 Å². The van der Waals surface area contributed by atoms with E-state index >= 15 is 0 Å². The summed E-state index contributed by atoms with van der Waals surface area (Å²) in [6, 6.07) is 49.1. The lowest BCUT2D eigenvalue weighted by Gasteiger charge is -2.36. The third-order valence-electron chi connectivity index (χ3n) is 15.2. The first-order valence-electron chi connectivity index (χ1n) is 25.4. The second-order valence-corrected chi connectivity index (χ2v) is 23.1. The third-order valence-corrected chi connectivity index (χ3v) is 17.9. The Labute approximate surface area is 449 Å². The molecule has 0 aliphatic carbocycles. The van der Waals surface area contributed by atoms with E-state index in [0.29, 0.717) is 44.5 Å². The quantitative estimate of drug-likeness (QED) is 0.0814. The molecule has 0 aromatic heterocycles. The van der Waals surface area contributed by atoms with E-state index in [1.807, 2.05) is 97.1 Å². The molecule has 0 amide bonds. The standard InChI is InChI=1S/C62H52F12N4P/c1-37(2)55-57(47-21-5-39(6-22-47)43-13-29-51(30-14-43)59(63,64)65,48-23-7-40(8-24-48)44-15-31-52(32-16-44)60(66,67)68)77-79(75-55)76-56(38(3)4)58(78-79,49-25-9-41(10-26-49)45-17-33-53(34-18-45)61(69,70)71)50-27-11-42(12-28-50)46-19-35-54(36-20-46)62(72,73)74/h5-38,55-56,75-78H,1-4H3/q+1/t55-,56-,79?/m0/s1. The fourth-order valence-corrected chi connectivity index (χ4v) is 15.2. The second-order valence-electron chi connectivity index (χ2n) is 20.8. The highest BCUT2D eigenvalue weighted by Gasteiger charge is 2.71. The molecule has 10 rings (SSSR count). The summed E-state index contributed by atoms with van der Waals surface area (Å²) < 4.78 is 163. The molecule has 2 aliphatic rings. The lowest BCUT2D eigenvalue weighted by molar-refractivity contribution is -0.138. The van der Waals surface area contributed by atoms with E-state index in [2.05, 4.69) is 48.0 Å². The molecule has 0 bridgehead atoms. The lowest BCUT2D eigenvalue weighted by atomic mass is 9.73. The first-order valence-corrected chi connectivity index (χ1v) is 27.2. The van der Waals surface area contributed by atoms with Crippen molar-refractivity contribution in [2.75, 3.05) is 0 Å². The Bertz CT molecular complexity index is 2970. The van der Waals surface area contributed by atoms with Crippen molar-refractivity contribution in [3.05, 3.63) is 239 Å². The minimum absolute atomic E-state index is 0.113. The van der Waals surface area contributed by atoms with Crippen LogP contribution in [0, 0.1) is 11.8 Å². The van der Waals surface area contributed by atoms with Gasteiger partial charge < -0.3 is 0 Å². The molecule has 2 atom stereocenters. The van der Waals surface area contributed by atoms with Crippen LogP contribution in [0.4, 0.5) is 52.7 Å². The number of rotatable bonds is 10. The van der Waals surface area contributed by atoms with Crippen LogP contribution in [0.25, 0.3) is 44.5 Å². The van der Waals surface area contributed by atoms with Crippen LogP contribution >= 0.6 is 7.87 Å². The van der Waals surface area contributed by atoms with Gasteiger partial charge in [-0.15, -0.1) is 20.3 Å². The zero-order chi connectivity index (χ0) is 56.5. The normalized spacial score (nSPS) is 18.2. The first kappa shape index (κ1) is 55.5. The van der Waals surface area contributed by atoms with Gasteiger partial charge in [-0.05, 0) is 127 Å². The average Bonchev–Trinajstić information content (AvgIpc) is 3.48. The topological polar surface area (TPSA) is 48.1 Å². The van der Waals surface area contributed by atoms with Gasteiger partial charge in [0, 0.05) is 0 Å². The van der Waals surface area contributed by atoms with E-state index in [1.54, 1.807) is 0 Å². The van der Waals surface area contributed by atoms with Crippen molar-refractivity contribution in [1.29, 1.82) is 0 Å². The minimum Gasteiger partial charge on any atom is -0.166 e. The number of alkyl halides is 12. The monoisotopic (exact) mass is 1110 g/mol. The molecule has 2 heterocycles. The molecule has 8 aromatic rings.